The van der Waals surface area contributed by atoms with Crippen molar-refractivity contribution >= 4 is 0 Å². The Kier molecular flexibility index (Phi) is 8.34. The number of halogens is 2. The number of methoxy groups -OCH3 is 1. The molecule has 0 N–H and O–H groups in total. The highest BCUT2D eigenvalue weighted by Crippen LogP contribution is 2.16. The number of ether oxygens (including phenoxy) is 1. The third-order valence-electron chi connectivity index (χ3n) is 1.11. The summed E-state index contributed by atoms with van der Waals surface area (Å²) in [6.07, 6.45) is 0. The number of hydrogen-bond donors (Lipinski definition) is 0. The predicted octanol–water partition coefficient (Wildman–Crippen LogP) is 3.64. The lowest BCUT2D eigenvalue weighted by atomic mass is 10.3. The summed E-state index contributed by atoms with van der Waals surface area (Å²) >= 11 is 0. The molecule has 0 radical (unpaired) electrons. The Bertz CT molecular complexity index is 236. The molecule has 0 aliphatic rings. The fourth-order valence-electron chi connectivity index (χ4n) is 0.641. The Morgan fingerprint density at radius 3 is 2.08 bits per heavy atom. The Labute approximate surface area is 78.3 Å². The minimum atomic E-state index is -0.678. The van der Waals surface area contributed by atoms with Crippen LogP contribution in [-0.2, 0) is 0 Å². The Balaban J connectivity index is 0. The first-order chi connectivity index (χ1) is 5.74. The van der Waals surface area contributed by atoms with Crippen LogP contribution in [0.5, 0.6) is 5.75 Å². The molecule has 1 nitrogen and oxygen atoms in total. The van der Waals surface area contributed by atoms with Crippen molar-refractivity contribution in [3.63, 3.8) is 0 Å². The summed E-state index contributed by atoms with van der Waals surface area (Å²) in [5, 5.41) is 0. The second-order valence-corrected chi connectivity index (χ2v) is 1.78. The van der Waals surface area contributed by atoms with Crippen LogP contribution in [0.4, 0.5) is 8.78 Å². The molecule has 0 unspecified atom stereocenters. The van der Waals surface area contributed by atoms with Crippen molar-refractivity contribution in [1.82, 2.24) is 0 Å². The van der Waals surface area contributed by atoms with Crippen LogP contribution in [0.2, 0.25) is 0 Å². The first-order valence-corrected chi connectivity index (χ1v) is 3.73. The predicted molar refractivity (Wildman–Crippen MR) is 51.0 cm³/mol. The van der Waals surface area contributed by atoms with E-state index in [9.17, 15) is 8.78 Å². The molecule has 0 aromatic heterocycles. The van der Waals surface area contributed by atoms with Crippen molar-refractivity contribution in [2.45, 2.75) is 21.3 Å². The topological polar surface area (TPSA) is 9.23 Å². The van der Waals surface area contributed by atoms with Crippen LogP contribution in [-0.4, -0.2) is 7.11 Å². The van der Waals surface area contributed by atoms with Gasteiger partial charge in [0, 0.05) is 6.07 Å². The molecule has 1 aromatic rings. The molecule has 0 saturated carbocycles. The molecule has 0 saturated heterocycles. The summed E-state index contributed by atoms with van der Waals surface area (Å²) in [7, 11) is 1.33. The minimum absolute atomic E-state index is 0. The molecule has 1 aromatic carbocycles. The van der Waals surface area contributed by atoms with Gasteiger partial charge < -0.3 is 4.74 Å². The molecule has 1 rings (SSSR count). The molecule has 13 heavy (non-hydrogen) atoms. The van der Waals surface area contributed by atoms with Crippen molar-refractivity contribution in [1.29, 1.82) is 0 Å². The molecule has 0 bridgehead atoms. The molecular formula is C10H16F2O. The molecule has 0 aliphatic carbocycles. The fourth-order valence-corrected chi connectivity index (χ4v) is 0.641. The number of hydrogen-bond acceptors (Lipinski definition) is 1. The fraction of sp³-hybridized carbons (Fsp3) is 0.400. The summed E-state index contributed by atoms with van der Waals surface area (Å²) in [6.45, 7) is 4.00. The van der Waals surface area contributed by atoms with Gasteiger partial charge in [-0.1, -0.05) is 21.3 Å². The van der Waals surface area contributed by atoms with E-state index < -0.39 is 11.6 Å². The SMILES string of the molecule is C.CC.COc1ccc(F)cc1F. The summed E-state index contributed by atoms with van der Waals surface area (Å²) in [5.41, 5.74) is 0. The van der Waals surface area contributed by atoms with Gasteiger partial charge in [0.2, 0.25) is 0 Å². The van der Waals surface area contributed by atoms with Crippen LogP contribution < -0.4 is 4.74 Å². The van der Waals surface area contributed by atoms with Gasteiger partial charge in [0.25, 0.3) is 0 Å². The molecule has 0 amide bonds. The average molecular weight is 190 g/mol. The normalized spacial score (nSPS) is 7.77. The Morgan fingerprint density at radius 1 is 1.15 bits per heavy atom. The largest absolute Gasteiger partial charge is 0.494 e. The first-order valence-electron chi connectivity index (χ1n) is 3.73. The highest BCUT2D eigenvalue weighted by atomic mass is 19.1. The zero-order chi connectivity index (χ0) is 9.56. The maximum atomic E-state index is 12.5. The lowest BCUT2D eigenvalue weighted by Gasteiger charge is -1.98. The van der Waals surface area contributed by atoms with E-state index in [1.165, 1.54) is 13.2 Å². The summed E-state index contributed by atoms with van der Waals surface area (Å²) in [4.78, 5) is 0. The van der Waals surface area contributed by atoms with E-state index in [2.05, 4.69) is 4.74 Å². The minimum Gasteiger partial charge on any atom is -0.494 e. The quantitative estimate of drug-likeness (QED) is 0.657. The zero-order valence-electron chi connectivity index (χ0n) is 7.40. The van der Waals surface area contributed by atoms with Gasteiger partial charge in [-0.15, -0.1) is 0 Å². The average Bonchev–Trinajstić information content (AvgIpc) is 2.08. The van der Waals surface area contributed by atoms with Crippen LogP contribution in [0.1, 0.15) is 21.3 Å². The molecule has 0 heterocycles. The second-order valence-electron chi connectivity index (χ2n) is 1.78. The van der Waals surface area contributed by atoms with Gasteiger partial charge in [0.1, 0.15) is 5.82 Å². The Morgan fingerprint density at radius 2 is 1.69 bits per heavy atom. The highest BCUT2D eigenvalue weighted by molar-refractivity contribution is 5.24. The molecule has 0 aliphatic heterocycles. The second kappa shape index (κ2) is 7.53. The van der Waals surface area contributed by atoms with Crippen LogP contribution in [0.3, 0.4) is 0 Å². The van der Waals surface area contributed by atoms with Gasteiger partial charge in [0.05, 0.1) is 7.11 Å². The number of benzene rings is 1. The maximum absolute atomic E-state index is 12.5. The van der Waals surface area contributed by atoms with Crippen molar-refractivity contribution in [2.24, 2.45) is 0 Å². The van der Waals surface area contributed by atoms with E-state index in [1.807, 2.05) is 13.8 Å². The van der Waals surface area contributed by atoms with Crippen LogP contribution in [0.25, 0.3) is 0 Å². The molecule has 0 spiro atoms. The van der Waals surface area contributed by atoms with E-state index in [-0.39, 0.29) is 13.2 Å². The van der Waals surface area contributed by atoms with E-state index in [0.29, 0.717) is 0 Å². The molecule has 3 heteroatoms. The summed E-state index contributed by atoms with van der Waals surface area (Å²) in [5.74, 6) is -1.22. The van der Waals surface area contributed by atoms with E-state index in [0.717, 1.165) is 12.1 Å². The van der Waals surface area contributed by atoms with Gasteiger partial charge in [-0.25, -0.2) is 8.78 Å². The van der Waals surface area contributed by atoms with Crippen molar-refractivity contribution in [2.75, 3.05) is 7.11 Å². The Hall–Kier alpha value is -1.12. The molecule has 0 fully saturated rings. The van der Waals surface area contributed by atoms with Crippen LogP contribution >= 0.6 is 0 Å². The maximum Gasteiger partial charge on any atom is 0.167 e. The van der Waals surface area contributed by atoms with E-state index in [4.69, 9.17) is 0 Å². The number of rotatable bonds is 1. The highest BCUT2D eigenvalue weighted by Gasteiger charge is 2.01. The molecular weight excluding hydrogens is 174 g/mol. The van der Waals surface area contributed by atoms with E-state index >= 15 is 0 Å². The lowest BCUT2D eigenvalue weighted by molar-refractivity contribution is 0.384. The van der Waals surface area contributed by atoms with Crippen LogP contribution in [0, 0.1) is 11.6 Å². The van der Waals surface area contributed by atoms with Gasteiger partial charge in [0.15, 0.2) is 11.6 Å². The third kappa shape index (κ3) is 4.45. The van der Waals surface area contributed by atoms with Crippen molar-refractivity contribution in [3.05, 3.63) is 29.8 Å². The summed E-state index contributed by atoms with van der Waals surface area (Å²) < 4.78 is 29.2. The standard InChI is InChI=1S/C7H6F2O.C2H6.CH4/c1-10-7-3-2-5(8)4-6(7)9;1-2;/h2-4H,1H3;1-2H3;1H4. The van der Waals surface area contributed by atoms with Gasteiger partial charge >= 0.3 is 0 Å². The van der Waals surface area contributed by atoms with Gasteiger partial charge in [-0.2, -0.15) is 0 Å². The molecule has 0 atom stereocenters. The smallest absolute Gasteiger partial charge is 0.167 e. The molecule has 76 valence electrons. The lowest BCUT2D eigenvalue weighted by Crippen LogP contribution is -1.87. The summed E-state index contributed by atoms with van der Waals surface area (Å²) in [6, 6.07) is 3.16. The van der Waals surface area contributed by atoms with Crippen molar-refractivity contribution < 1.29 is 13.5 Å². The monoisotopic (exact) mass is 190 g/mol. The van der Waals surface area contributed by atoms with E-state index in [1.54, 1.807) is 0 Å². The van der Waals surface area contributed by atoms with Gasteiger partial charge in [-0.05, 0) is 12.1 Å². The van der Waals surface area contributed by atoms with Gasteiger partial charge in [-0.3, -0.25) is 0 Å². The first kappa shape index (κ1) is 14.4. The third-order valence-corrected chi connectivity index (χ3v) is 1.11. The van der Waals surface area contributed by atoms with Crippen molar-refractivity contribution in [3.8, 4) is 5.75 Å². The zero-order valence-corrected chi connectivity index (χ0v) is 7.40. The van der Waals surface area contributed by atoms with Crippen LogP contribution in [0.15, 0.2) is 18.2 Å².